The second-order valence-corrected chi connectivity index (χ2v) is 5.89. The summed E-state index contributed by atoms with van der Waals surface area (Å²) < 4.78 is 0.928. The molecule has 1 aromatic carbocycles. The highest BCUT2D eigenvalue weighted by molar-refractivity contribution is 9.10. The molecule has 1 aromatic rings. The number of carbonyl (C=O) groups excluding carboxylic acids is 2. The predicted molar refractivity (Wildman–Crippen MR) is 72.2 cm³/mol. The summed E-state index contributed by atoms with van der Waals surface area (Å²) in [7, 11) is 0. The van der Waals surface area contributed by atoms with E-state index in [0.717, 1.165) is 35.0 Å². The molecule has 1 heterocycles. The summed E-state index contributed by atoms with van der Waals surface area (Å²) in [4.78, 5) is 26.1. The normalized spacial score (nSPS) is 26.9. The van der Waals surface area contributed by atoms with Gasteiger partial charge in [0.05, 0.1) is 17.5 Å². The van der Waals surface area contributed by atoms with E-state index in [1.807, 2.05) is 25.1 Å². The molecule has 94 valence electrons. The highest BCUT2D eigenvalue weighted by Gasteiger charge is 2.50. The number of hydrogen-bond donors (Lipinski definition) is 0. The number of halogens is 1. The fourth-order valence-electron chi connectivity index (χ4n) is 3.07. The molecule has 2 aliphatic rings. The molecule has 4 heteroatoms. The van der Waals surface area contributed by atoms with Crippen LogP contribution in [-0.4, -0.2) is 11.8 Å². The molecule has 2 fully saturated rings. The van der Waals surface area contributed by atoms with Crippen molar-refractivity contribution in [3.05, 3.63) is 28.2 Å². The fourth-order valence-corrected chi connectivity index (χ4v) is 3.42. The van der Waals surface area contributed by atoms with Crippen molar-refractivity contribution < 1.29 is 9.59 Å². The summed E-state index contributed by atoms with van der Waals surface area (Å²) in [5.74, 6) is -0.167. The lowest BCUT2D eigenvalue weighted by Gasteiger charge is -2.18. The van der Waals surface area contributed by atoms with Crippen LogP contribution in [0.1, 0.15) is 24.8 Å². The van der Waals surface area contributed by atoms with Gasteiger partial charge < -0.3 is 0 Å². The minimum absolute atomic E-state index is 0.0105. The number of amides is 2. The van der Waals surface area contributed by atoms with Crippen molar-refractivity contribution in [2.24, 2.45) is 11.8 Å². The molecule has 0 bridgehead atoms. The zero-order valence-electron chi connectivity index (χ0n) is 10.1. The van der Waals surface area contributed by atoms with Crippen LogP contribution in [0.25, 0.3) is 0 Å². The Morgan fingerprint density at radius 3 is 2.39 bits per heavy atom. The summed E-state index contributed by atoms with van der Waals surface area (Å²) >= 11 is 3.45. The molecule has 3 rings (SSSR count). The Hall–Kier alpha value is -1.16. The monoisotopic (exact) mass is 307 g/mol. The van der Waals surface area contributed by atoms with Gasteiger partial charge in [-0.15, -0.1) is 0 Å². The number of anilines is 1. The van der Waals surface area contributed by atoms with E-state index in [0.29, 0.717) is 0 Å². The molecular weight excluding hydrogens is 294 g/mol. The third-order valence-electron chi connectivity index (χ3n) is 4.07. The Bertz CT molecular complexity index is 519. The summed E-state index contributed by atoms with van der Waals surface area (Å²) in [6, 6.07) is 5.63. The molecule has 0 N–H and O–H groups in total. The van der Waals surface area contributed by atoms with E-state index >= 15 is 0 Å². The highest BCUT2D eigenvalue weighted by atomic mass is 79.9. The van der Waals surface area contributed by atoms with E-state index in [-0.39, 0.29) is 23.7 Å². The fraction of sp³-hybridized carbons (Fsp3) is 0.429. The quantitative estimate of drug-likeness (QED) is 0.748. The Balaban J connectivity index is 2.05. The zero-order valence-corrected chi connectivity index (χ0v) is 11.7. The highest BCUT2D eigenvalue weighted by Crippen LogP contribution is 2.42. The lowest BCUT2D eigenvalue weighted by molar-refractivity contribution is -0.122. The van der Waals surface area contributed by atoms with Crippen molar-refractivity contribution in [3.8, 4) is 0 Å². The second-order valence-electron chi connectivity index (χ2n) is 5.04. The Morgan fingerprint density at radius 1 is 1.17 bits per heavy atom. The van der Waals surface area contributed by atoms with Crippen molar-refractivity contribution in [1.29, 1.82) is 0 Å². The van der Waals surface area contributed by atoms with Crippen LogP contribution in [0.15, 0.2) is 22.7 Å². The van der Waals surface area contributed by atoms with Crippen molar-refractivity contribution in [2.45, 2.75) is 26.2 Å². The van der Waals surface area contributed by atoms with Gasteiger partial charge in [0.25, 0.3) is 0 Å². The van der Waals surface area contributed by atoms with Gasteiger partial charge in [0.2, 0.25) is 11.8 Å². The predicted octanol–water partition coefficient (Wildman–Crippen LogP) is 3.05. The Kier molecular flexibility index (Phi) is 2.77. The van der Waals surface area contributed by atoms with Crippen LogP contribution in [0, 0.1) is 18.8 Å². The first kappa shape index (κ1) is 11.9. The van der Waals surface area contributed by atoms with E-state index in [1.54, 1.807) is 0 Å². The van der Waals surface area contributed by atoms with Gasteiger partial charge in [-0.25, -0.2) is 4.90 Å². The van der Waals surface area contributed by atoms with E-state index in [2.05, 4.69) is 15.9 Å². The van der Waals surface area contributed by atoms with Crippen LogP contribution in [0.2, 0.25) is 0 Å². The van der Waals surface area contributed by atoms with Crippen LogP contribution < -0.4 is 4.90 Å². The van der Waals surface area contributed by atoms with Crippen molar-refractivity contribution >= 4 is 33.4 Å². The molecule has 1 saturated heterocycles. The maximum atomic E-state index is 12.4. The Morgan fingerprint density at radius 2 is 1.78 bits per heavy atom. The van der Waals surface area contributed by atoms with Gasteiger partial charge in [-0.3, -0.25) is 9.59 Å². The molecule has 1 aliphatic carbocycles. The SMILES string of the molecule is Cc1c(Br)cccc1N1C(=O)C2CCCC2C1=O. The maximum absolute atomic E-state index is 12.4. The minimum Gasteiger partial charge on any atom is -0.274 e. The van der Waals surface area contributed by atoms with Crippen LogP contribution in [0.4, 0.5) is 5.69 Å². The minimum atomic E-state index is -0.0733. The van der Waals surface area contributed by atoms with Crippen LogP contribution in [0.5, 0.6) is 0 Å². The smallest absolute Gasteiger partial charge is 0.237 e. The molecule has 0 radical (unpaired) electrons. The second kappa shape index (κ2) is 4.19. The van der Waals surface area contributed by atoms with Gasteiger partial charge in [-0.1, -0.05) is 28.4 Å². The molecule has 2 atom stereocenters. The van der Waals surface area contributed by atoms with Crippen LogP contribution in [-0.2, 0) is 9.59 Å². The first-order valence-corrected chi connectivity index (χ1v) is 7.03. The first-order valence-electron chi connectivity index (χ1n) is 6.24. The molecule has 2 unspecified atom stereocenters. The number of rotatable bonds is 1. The van der Waals surface area contributed by atoms with Gasteiger partial charge in [0.1, 0.15) is 0 Å². The largest absolute Gasteiger partial charge is 0.274 e. The number of benzene rings is 1. The van der Waals surface area contributed by atoms with Crippen LogP contribution >= 0.6 is 15.9 Å². The van der Waals surface area contributed by atoms with Gasteiger partial charge in [0.15, 0.2) is 0 Å². The molecule has 0 aromatic heterocycles. The third kappa shape index (κ3) is 1.55. The average Bonchev–Trinajstić information content (AvgIpc) is 2.90. The third-order valence-corrected chi connectivity index (χ3v) is 4.93. The summed E-state index contributed by atoms with van der Waals surface area (Å²) in [6.45, 7) is 1.92. The molecule has 18 heavy (non-hydrogen) atoms. The summed E-state index contributed by atoms with van der Waals surface area (Å²) in [5.41, 5.74) is 1.67. The summed E-state index contributed by atoms with van der Waals surface area (Å²) in [6.07, 6.45) is 2.72. The average molecular weight is 308 g/mol. The molecule has 1 saturated carbocycles. The van der Waals surface area contributed by atoms with E-state index in [4.69, 9.17) is 0 Å². The zero-order chi connectivity index (χ0) is 12.9. The van der Waals surface area contributed by atoms with Crippen LogP contribution in [0.3, 0.4) is 0 Å². The molecular formula is C14H14BrNO2. The number of carbonyl (C=O) groups is 2. The van der Waals surface area contributed by atoms with Crippen molar-refractivity contribution in [3.63, 3.8) is 0 Å². The maximum Gasteiger partial charge on any atom is 0.237 e. The van der Waals surface area contributed by atoms with Gasteiger partial charge >= 0.3 is 0 Å². The standard InChI is InChI=1S/C14H14BrNO2/c1-8-11(15)6-3-7-12(8)16-13(17)9-4-2-5-10(9)14(16)18/h3,6-7,9-10H,2,4-5H2,1H3. The number of imide groups is 1. The summed E-state index contributed by atoms with van der Waals surface area (Å²) in [5, 5.41) is 0. The van der Waals surface area contributed by atoms with Crippen molar-refractivity contribution in [1.82, 2.24) is 0 Å². The molecule has 2 amide bonds. The lowest BCUT2D eigenvalue weighted by atomic mass is 10.00. The van der Waals surface area contributed by atoms with E-state index < -0.39 is 0 Å². The first-order chi connectivity index (χ1) is 8.61. The molecule has 3 nitrogen and oxygen atoms in total. The molecule has 1 aliphatic heterocycles. The van der Waals surface area contributed by atoms with Gasteiger partial charge in [-0.2, -0.15) is 0 Å². The number of hydrogen-bond acceptors (Lipinski definition) is 2. The van der Waals surface area contributed by atoms with E-state index in [9.17, 15) is 9.59 Å². The van der Waals surface area contributed by atoms with Crippen molar-refractivity contribution in [2.75, 3.05) is 4.90 Å². The van der Waals surface area contributed by atoms with E-state index in [1.165, 1.54) is 4.90 Å². The topological polar surface area (TPSA) is 37.4 Å². The molecule has 0 spiro atoms. The Labute approximate surface area is 114 Å². The van der Waals surface area contributed by atoms with Gasteiger partial charge in [0, 0.05) is 4.47 Å². The van der Waals surface area contributed by atoms with Gasteiger partial charge in [-0.05, 0) is 37.5 Å². The number of fused-ring (bicyclic) bond motifs is 1. The number of nitrogens with zero attached hydrogens (tertiary/aromatic N) is 1. The lowest BCUT2D eigenvalue weighted by Crippen LogP contribution is -2.32.